The van der Waals surface area contributed by atoms with Gasteiger partial charge in [0.1, 0.15) is 5.75 Å². The van der Waals surface area contributed by atoms with Crippen molar-refractivity contribution in [3.63, 3.8) is 0 Å². The minimum absolute atomic E-state index is 0.182. The van der Waals surface area contributed by atoms with Gasteiger partial charge in [0.05, 0.1) is 0 Å². The summed E-state index contributed by atoms with van der Waals surface area (Å²) >= 11 is 0. The van der Waals surface area contributed by atoms with E-state index < -0.39 is 5.97 Å². The minimum atomic E-state index is -0.513. The van der Waals surface area contributed by atoms with E-state index in [1.807, 2.05) is 0 Å². The first kappa shape index (κ1) is 8.55. The van der Waals surface area contributed by atoms with Gasteiger partial charge >= 0.3 is 5.97 Å². The van der Waals surface area contributed by atoms with Gasteiger partial charge in [0.2, 0.25) is 5.76 Å². The van der Waals surface area contributed by atoms with Gasteiger partial charge in [-0.3, -0.25) is 4.98 Å². The maximum atomic E-state index is 11.3. The number of pyridine rings is 1. The van der Waals surface area contributed by atoms with Gasteiger partial charge in [-0.25, -0.2) is 4.79 Å². The second kappa shape index (κ2) is 3.78. The normalized spacial score (nSPS) is 13.9. The Balaban J connectivity index is 2.01. The van der Waals surface area contributed by atoms with Crippen molar-refractivity contribution in [2.45, 2.75) is 0 Å². The van der Waals surface area contributed by atoms with Crippen molar-refractivity contribution in [2.75, 3.05) is 6.73 Å². The van der Waals surface area contributed by atoms with Crippen molar-refractivity contribution < 1.29 is 14.3 Å². The molecule has 0 unspecified atom stereocenters. The van der Waals surface area contributed by atoms with Gasteiger partial charge in [-0.2, -0.15) is 0 Å². The van der Waals surface area contributed by atoms with Crippen LogP contribution in [0.2, 0.25) is 0 Å². The molecule has 0 bridgehead atoms. The molecule has 0 saturated heterocycles. The number of nitrogens with one attached hydrogen (secondary N) is 1. The Morgan fingerprint density at radius 1 is 1.50 bits per heavy atom. The molecule has 1 aromatic heterocycles. The molecule has 5 heteroatoms. The van der Waals surface area contributed by atoms with Gasteiger partial charge in [-0.15, -0.1) is 0 Å². The highest BCUT2D eigenvalue weighted by molar-refractivity contribution is 5.88. The van der Waals surface area contributed by atoms with Gasteiger partial charge in [0.25, 0.3) is 0 Å². The summed E-state index contributed by atoms with van der Waals surface area (Å²) in [5.41, 5.74) is 0. The van der Waals surface area contributed by atoms with E-state index in [9.17, 15) is 4.79 Å². The van der Waals surface area contributed by atoms with Crippen LogP contribution >= 0.6 is 0 Å². The Labute approximate surface area is 80.4 Å². The number of hydrogen-bond acceptors (Lipinski definition) is 5. The van der Waals surface area contributed by atoms with E-state index in [4.69, 9.17) is 9.47 Å². The number of esters is 1. The molecule has 1 aliphatic rings. The molecule has 72 valence electrons. The highest BCUT2D eigenvalue weighted by atomic mass is 16.6. The molecule has 0 aliphatic carbocycles. The predicted octanol–water partition coefficient (Wildman–Crippen LogP) is 0.406. The summed E-state index contributed by atoms with van der Waals surface area (Å²) in [5, 5.41) is 2.74. The lowest BCUT2D eigenvalue weighted by Crippen LogP contribution is -2.11. The van der Waals surface area contributed by atoms with E-state index in [2.05, 4.69) is 10.3 Å². The number of rotatable bonds is 2. The van der Waals surface area contributed by atoms with Crippen LogP contribution in [0.4, 0.5) is 0 Å². The summed E-state index contributed by atoms with van der Waals surface area (Å²) in [6.07, 6.45) is 4.57. The van der Waals surface area contributed by atoms with Crippen LogP contribution in [-0.2, 0) is 9.53 Å². The maximum absolute atomic E-state index is 11.3. The molecule has 2 rings (SSSR count). The molecule has 5 nitrogen and oxygen atoms in total. The van der Waals surface area contributed by atoms with Crippen LogP contribution in [-0.4, -0.2) is 17.7 Å². The molecule has 1 N–H and O–H groups in total. The van der Waals surface area contributed by atoms with Crippen LogP contribution in [0.1, 0.15) is 0 Å². The molecular formula is C9H8N2O3. The van der Waals surface area contributed by atoms with Crippen LogP contribution < -0.4 is 10.1 Å². The Morgan fingerprint density at radius 2 is 2.29 bits per heavy atom. The van der Waals surface area contributed by atoms with Gasteiger partial charge in [-0.05, 0) is 12.1 Å². The van der Waals surface area contributed by atoms with E-state index in [0.29, 0.717) is 12.5 Å². The van der Waals surface area contributed by atoms with Gasteiger partial charge in [0.15, 0.2) is 6.73 Å². The van der Waals surface area contributed by atoms with Crippen molar-refractivity contribution in [3.05, 3.63) is 36.5 Å². The Morgan fingerprint density at radius 3 is 2.93 bits per heavy atom. The highest BCUT2D eigenvalue weighted by Gasteiger charge is 2.16. The lowest BCUT2D eigenvalue weighted by atomic mass is 10.4. The maximum Gasteiger partial charge on any atom is 0.380 e. The van der Waals surface area contributed by atoms with E-state index in [1.54, 1.807) is 24.5 Å². The third-order valence-electron chi connectivity index (χ3n) is 1.61. The largest absolute Gasteiger partial charge is 0.464 e. The van der Waals surface area contributed by atoms with E-state index in [-0.39, 0.29) is 5.76 Å². The zero-order valence-electron chi connectivity index (χ0n) is 7.27. The summed E-state index contributed by atoms with van der Waals surface area (Å²) in [4.78, 5) is 15.1. The first-order chi connectivity index (χ1) is 6.86. The zero-order chi connectivity index (χ0) is 9.80. The molecule has 0 atom stereocenters. The SMILES string of the molecule is O=C(Oc1ccncc1)C1=CNCO1. The number of aromatic nitrogens is 1. The zero-order valence-corrected chi connectivity index (χ0v) is 7.27. The van der Waals surface area contributed by atoms with E-state index >= 15 is 0 Å². The molecule has 0 radical (unpaired) electrons. The van der Waals surface area contributed by atoms with Gasteiger partial charge in [0, 0.05) is 18.6 Å². The summed E-state index contributed by atoms with van der Waals surface area (Å²) in [6, 6.07) is 3.20. The van der Waals surface area contributed by atoms with Gasteiger partial charge < -0.3 is 14.8 Å². The summed E-state index contributed by atoms with van der Waals surface area (Å²) in [6.45, 7) is 0.306. The Bertz CT molecular complexity index is 362. The number of carbonyl (C=O) groups excluding carboxylic acids is 1. The average Bonchev–Trinajstić information content (AvgIpc) is 2.72. The smallest absolute Gasteiger partial charge is 0.380 e. The van der Waals surface area contributed by atoms with Crippen LogP contribution in [0, 0.1) is 0 Å². The standard InChI is InChI=1S/C9H8N2O3/c12-9(8-5-11-6-13-8)14-7-1-3-10-4-2-7/h1-5,11H,6H2. The molecule has 0 fully saturated rings. The number of hydrogen-bond donors (Lipinski definition) is 1. The minimum Gasteiger partial charge on any atom is -0.464 e. The highest BCUT2D eigenvalue weighted by Crippen LogP contribution is 2.11. The van der Waals surface area contributed by atoms with Crippen molar-refractivity contribution in [3.8, 4) is 5.75 Å². The summed E-state index contributed by atoms with van der Waals surface area (Å²) in [7, 11) is 0. The van der Waals surface area contributed by atoms with Crippen LogP contribution in [0.25, 0.3) is 0 Å². The third kappa shape index (κ3) is 1.82. The van der Waals surface area contributed by atoms with Crippen molar-refractivity contribution in [1.82, 2.24) is 10.3 Å². The van der Waals surface area contributed by atoms with Crippen LogP contribution in [0.15, 0.2) is 36.5 Å². The van der Waals surface area contributed by atoms with E-state index in [1.165, 1.54) is 6.20 Å². The molecule has 0 aromatic carbocycles. The van der Waals surface area contributed by atoms with Gasteiger partial charge in [-0.1, -0.05) is 0 Å². The lowest BCUT2D eigenvalue weighted by Gasteiger charge is -2.03. The third-order valence-corrected chi connectivity index (χ3v) is 1.61. The second-order valence-corrected chi connectivity index (χ2v) is 2.57. The topological polar surface area (TPSA) is 60.5 Å². The fourth-order valence-electron chi connectivity index (χ4n) is 0.977. The summed E-state index contributed by atoms with van der Waals surface area (Å²) in [5.74, 6) is 0.115. The van der Waals surface area contributed by atoms with Crippen molar-refractivity contribution in [2.24, 2.45) is 0 Å². The predicted molar refractivity (Wildman–Crippen MR) is 47.0 cm³/mol. The number of nitrogens with zero attached hydrogens (tertiary/aromatic N) is 1. The molecule has 0 spiro atoms. The van der Waals surface area contributed by atoms with Crippen LogP contribution in [0.5, 0.6) is 5.75 Å². The fourth-order valence-corrected chi connectivity index (χ4v) is 0.977. The first-order valence-corrected chi connectivity index (χ1v) is 4.05. The fraction of sp³-hybridized carbons (Fsp3) is 0.111. The average molecular weight is 192 g/mol. The molecule has 2 heterocycles. The second-order valence-electron chi connectivity index (χ2n) is 2.57. The number of carbonyl (C=O) groups is 1. The number of ether oxygens (including phenoxy) is 2. The van der Waals surface area contributed by atoms with Crippen molar-refractivity contribution in [1.29, 1.82) is 0 Å². The van der Waals surface area contributed by atoms with Crippen molar-refractivity contribution >= 4 is 5.97 Å². The van der Waals surface area contributed by atoms with Crippen LogP contribution in [0.3, 0.4) is 0 Å². The Hall–Kier alpha value is -2.04. The molecule has 1 aliphatic heterocycles. The first-order valence-electron chi connectivity index (χ1n) is 4.05. The molecule has 0 saturated carbocycles. The monoisotopic (exact) mass is 192 g/mol. The molecular weight excluding hydrogens is 184 g/mol. The molecule has 14 heavy (non-hydrogen) atoms. The summed E-state index contributed by atoms with van der Waals surface area (Å²) < 4.78 is 9.93. The Kier molecular flexibility index (Phi) is 2.31. The quantitative estimate of drug-likeness (QED) is 0.687. The molecule has 1 aromatic rings. The lowest BCUT2D eigenvalue weighted by molar-refractivity contribution is -0.133. The molecule has 0 amide bonds. The van der Waals surface area contributed by atoms with E-state index in [0.717, 1.165) is 0 Å².